The highest BCUT2D eigenvalue weighted by atomic mass is 15.1. The van der Waals surface area contributed by atoms with E-state index in [1.807, 2.05) is 0 Å². The molecule has 0 spiro atoms. The van der Waals surface area contributed by atoms with Crippen LogP contribution >= 0.6 is 0 Å². The van der Waals surface area contributed by atoms with Gasteiger partial charge in [0.1, 0.15) is 0 Å². The highest BCUT2D eigenvalue weighted by Gasteiger charge is 2.42. The van der Waals surface area contributed by atoms with Gasteiger partial charge in [-0.15, -0.1) is 0 Å². The molecular weight excluding hydrogens is 316 g/mol. The monoisotopic (exact) mass is 356 g/mol. The van der Waals surface area contributed by atoms with Gasteiger partial charge in [0.2, 0.25) is 0 Å². The molecule has 0 atom stereocenters. The van der Waals surface area contributed by atoms with Gasteiger partial charge in [0.25, 0.3) is 0 Å². The lowest BCUT2D eigenvalue weighted by Crippen LogP contribution is -2.58. The normalized spacial score (nSPS) is 28.0. The summed E-state index contributed by atoms with van der Waals surface area (Å²) in [6, 6.07) is 9.33. The molecule has 0 unspecified atom stereocenters. The first-order valence-corrected chi connectivity index (χ1v) is 10.5. The SMILES string of the molecule is CC1(C)CC(c2ccccc2C2CC(C)(C)NC(C)(C)C2)CC(C)(C)N1. The first-order valence-electron chi connectivity index (χ1n) is 10.5. The smallest absolute Gasteiger partial charge is 0.0135 e. The minimum Gasteiger partial charge on any atom is -0.307 e. The molecule has 2 saturated heterocycles. The predicted octanol–water partition coefficient (Wildman–Crippen LogP) is 5.74. The highest BCUT2D eigenvalue weighted by Crippen LogP contribution is 2.45. The number of piperidine rings is 2. The van der Waals surface area contributed by atoms with Crippen LogP contribution < -0.4 is 10.6 Å². The fourth-order valence-electron chi connectivity index (χ4n) is 6.34. The Bertz CT molecular complexity index is 565. The fraction of sp³-hybridized carbons (Fsp3) is 0.750. The molecule has 1 aromatic rings. The van der Waals surface area contributed by atoms with E-state index in [1.165, 1.54) is 25.7 Å². The van der Waals surface area contributed by atoms with Crippen molar-refractivity contribution < 1.29 is 0 Å². The number of rotatable bonds is 2. The van der Waals surface area contributed by atoms with Gasteiger partial charge in [0, 0.05) is 22.2 Å². The second kappa shape index (κ2) is 6.34. The summed E-state index contributed by atoms with van der Waals surface area (Å²) in [6.45, 7) is 18.9. The van der Waals surface area contributed by atoms with E-state index < -0.39 is 0 Å². The van der Waals surface area contributed by atoms with Gasteiger partial charge in [-0.3, -0.25) is 0 Å². The quantitative estimate of drug-likeness (QED) is 0.706. The Kier molecular flexibility index (Phi) is 4.85. The Morgan fingerprint density at radius 2 is 0.846 bits per heavy atom. The molecule has 2 heterocycles. The van der Waals surface area contributed by atoms with Crippen molar-refractivity contribution in [3.8, 4) is 0 Å². The predicted molar refractivity (Wildman–Crippen MR) is 113 cm³/mol. The number of hydrogen-bond donors (Lipinski definition) is 2. The van der Waals surface area contributed by atoms with Gasteiger partial charge in [0.05, 0.1) is 0 Å². The molecule has 2 aliphatic heterocycles. The average Bonchev–Trinajstić information content (AvgIpc) is 2.40. The van der Waals surface area contributed by atoms with E-state index in [2.05, 4.69) is 90.3 Å². The third-order valence-electron chi connectivity index (χ3n) is 6.26. The Morgan fingerprint density at radius 1 is 0.577 bits per heavy atom. The lowest BCUT2D eigenvalue weighted by molar-refractivity contribution is 0.153. The van der Waals surface area contributed by atoms with Crippen LogP contribution in [-0.2, 0) is 0 Å². The molecule has 0 amide bonds. The van der Waals surface area contributed by atoms with Crippen molar-refractivity contribution in [2.24, 2.45) is 0 Å². The molecule has 2 nitrogen and oxygen atoms in total. The molecule has 0 radical (unpaired) electrons. The van der Waals surface area contributed by atoms with Crippen LogP contribution in [0.4, 0.5) is 0 Å². The second-order valence-corrected chi connectivity index (χ2v) is 11.6. The molecular formula is C24H40N2. The first kappa shape index (κ1) is 19.9. The van der Waals surface area contributed by atoms with E-state index in [9.17, 15) is 0 Å². The molecule has 26 heavy (non-hydrogen) atoms. The molecule has 146 valence electrons. The molecule has 2 aliphatic rings. The molecule has 2 fully saturated rings. The minimum atomic E-state index is 0.187. The third-order valence-corrected chi connectivity index (χ3v) is 6.26. The zero-order valence-electron chi connectivity index (χ0n) is 18.3. The second-order valence-electron chi connectivity index (χ2n) is 11.6. The summed E-state index contributed by atoms with van der Waals surface area (Å²) >= 11 is 0. The molecule has 2 N–H and O–H groups in total. The van der Waals surface area contributed by atoms with Gasteiger partial charge in [0.15, 0.2) is 0 Å². The van der Waals surface area contributed by atoms with Crippen molar-refractivity contribution in [2.45, 2.75) is 115 Å². The molecule has 0 aliphatic carbocycles. The van der Waals surface area contributed by atoms with Crippen molar-refractivity contribution in [2.75, 3.05) is 0 Å². The van der Waals surface area contributed by atoms with Crippen LogP contribution in [0.25, 0.3) is 0 Å². The largest absolute Gasteiger partial charge is 0.307 e. The maximum absolute atomic E-state index is 3.85. The topological polar surface area (TPSA) is 24.1 Å². The van der Waals surface area contributed by atoms with Crippen LogP contribution in [0.1, 0.15) is 104 Å². The van der Waals surface area contributed by atoms with Crippen LogP contribution in [-0.4, -0.2) is 22.2 Å². The minimum absolute atomic E-state index is 0.187. The highest BCUT2D eigenvalue weighted by molar-refractivity contribution is 5.36. The van der Waals surface area contributed by atoms with Crippen LogP contribution in [0.3, 0.4) is 0 Å². The third kappa shape index (κ3) is 4.51. The van der Waals surface area contributed by atoms with E-state index in [-0.39, 0.29) is 22.2 Å². The number of benzene rings is 1. The summed E-state index contributed by atoms with van der Waals surface area (Å²) in [6.07, 6.45) is 4.85. The number of hydrogen-bond acceptors (Lipinski definition) is 2. The van der Waals surface area contributed by atoms with Crippen molar-refractivity contribution >= 4 is 0 Å². The fourth-order valence-corrected chi connectivity index (χ4v) is 6.34. The lowest BCUT2D eigenvalue weighted by atomic mass is 9.68. The van der Waals surface area contributed by atoms with Crippen LogP contribution in [0, 0.1) is 0 Å². The molecule has 3 rings (SSSR count). The van der Waals surface area contributed by atoms with Gasteiger partial charge in [-0.25, -0.2) is 0 Å². The summed E-state index contributed by atoms with van der Waals surface area (Å²) in [5, 5.41) is 7.69. The van der Waals surface area contributed by atoms with E-state index in [1.54, 1.807) is 11.1 Å². The maximum atomic E-state index is 3.85. The average molecular weight is 357 g/mol. The summed E-state index contributed by atoms with van der Waals surface area (Å²) in [5.41, 5.74) is 3.96. The Labute approximate surface area is 161 Å². The Hall–Kier alpha value is -0.860. The van der Waals surface area contributed by atoms with Gasteiger partial charge >= 0.3 is 0 Å². The van der Waals surface area contributed by atoms with Crippen molar-refractivity contribution in [1.82, 2.24) is 10.6 Å². The Balaban J connectivity index is 1.96. The van der Waals surface area contributed by atoms with Gasteiger partial charge < -0.3 is 10.6 Å². The van der Waals surface area contributed by atoms with Crippen LogP contribution in [0.15, 0.2) is 24.3 Å². The van der Waals surface area contributed by atoms with E-state index >= 15 is 0 Å². The summed E-state index contributed by atoms with van der Waals surface area (Å²) in [4.78, 5) is 0. The summed E-state index contributed by atoms with van der Waals surface area (Å²) in [5.74, 6) is 1.28. The number of nitrogens with one attached hydrogen (secondary N) is 2. The van der Waals surface area contributed by atoms with Crippen molar-refractivity contribution in [3.05, 3.63) is 35.4 Å². The summed E-state index contributed by atoms with van der Waals surface area (Å²) in [7, 11) is 0. The standard InChI is InChI=1S/C24H40N2/c1-21(2)13-17(14-22(3,4)25-21)19-11-9-10-12-20(19)18-15-23(5,6)26-24(7,8)16-18/h9-12,17-18,25-26H,13-16H2,1-8H3. The molecule has 2 heteroatoms. The van der Waals surface area contributed by atoms with Gasteiger partial charge in [-0.2, -0.15) is 0 Å². The molecule has 0 bridgehead atoms. The molecule has 0 saturated carbocycles. The van der Waals surface area contributed by atoms with Gasteiger partial charge in [-0.05, 0) is 104 Å². The zero-order chi connectivity index (χ0) is 19.4. The van der Waals surface area contributed by atoms with Crippen LogP contribution in [0.5, 0.6) is 0 Å². The zero-order valence-corrected chi connectivity index (χ0v) is 18.3. The Morgan fingerprint density at radius 3 is 1.12 bits per heavy atom. The van der Waals surface area contributed by atoms with E-state index in [0.717, 1.165) is 0 Å². The van der Waals surface area contributed by atoms with Crippen LogP contribution in [0.2, 0.25) is 0 Å². The first-order chi connectivity index (χ1) is 11.8. The van der Waals surface area contributed by atoms with Crippen molar-refractivity contribution in [3.63, 3.8) is 0 Å². The maximum Gasteiger partial charge on any atom is 0.0135 e. The lowest BCUT2D eigenvalue weighted by Gasteiger charge is -2.49. The van der Waals surface area contributed by atoms with E-state index in [4.69, 9.17) is 0 Å². The summed E-state index contributed by atoms with van der Waals surface area (Å²) < 4.78 is 0. The molecule has 0 aromatic heterocycles. The van der Waals surface area contributed by atoms with Gasteiger partial charge in [-0.1, -0.05) is 24.3 Å². The van der Waals surface area contributed by atoms with E-state index in [0.29, 0.717) is 11.8 Å². The molecule has 1 aromatic carbocycles. The van der Waals surface area contributed by atoms with Crippen molar-refractivity contribution in [1.29, 1.82) is 0 Å².